The van der Waals surface area contributed by atoms with E-state index in [-0.39, 0.29) is 42.5 Å². The van der Waals surface area contributed by atoms with E-state index in [0.29, 0.717) is 64.4 Å². The molecule has 3 aromatic rings. The van der Waals surface area contributed by atoms with Crippen LogP contribution in [0.1, 0.15) is 91.7 Å². The molecule has 8 atom stereocenters. The Morgan fingerprint density at radius 1 is 1.02 bits per heavy atom. The summed E-state index contributed by atoms with van der Waals surface area (Å²) >= 11 is 8.43. The van der Waals surface area contributed by atoms with Gasteiger partial charge >= 0.3 is 12.1 Å². The van der Waals surface area contributed by atoms with Crippen LogP contribution in [0.2, 0.25) is 5.02 Å². The number of rotatable bonds is 15. The number of methoxy groups -OCH3 is 2. The molecule has 14 nitrogen and oxygen atoms in total. The minimum absolute atomic E-state index is 0.00842. The lowest BCUT2D eigenvalue weighted by Gasteiger charge is -2.35. The fourth-order valence-corrected chi connectivity index (χ4v) is 9.82. The first-order valence-corrected chi connectivity index (χ1v) is 21.9. The zero-order valence-corrected chi connectivity index (χ0v) is 36.7. The van der Waals surface area contributed by atoms with Crippen molar-refractivity contribution in [3.8, 4) is 22.2 Å². The van der Waals surface area contributed by atoms with Gasteiger partial charge in [-0.2, -0.15) is 0 Å². The molecule has 4 fully saturated rings. The van der Waals surface area contributed by atoms with Crippen LogP contribution in [-0.4, -0.2) is 103 Å². The standard InChI is InChI=1S/C43H56ClN5O9S/c1-9-25-19-43(25,40(52)55-8)48-37(50)31-17-27(20-49(31)39(51)36(42(4,5)6)47-41(53)58-26-15-23-14-24(23)16-26)57-33-18-29(38-46-30(21-59-38)22(2)3)45-35-28(33)10-11-32(34(35)44)56-13-12-54-7/h10-11,18,21-27,31,36H,9,12-17,19-20H2,1-8H3,(H,47,53)(H,48,50)/t23-,24+,25-,26?,27-,31+,36?,43-/m1/s1. The summed E-state index contributed by atoms with van der Waals surface area (Å²) in [6, 6.07) is 3.28. The van der Waals surface area contributed by atoms with Crippen LogP contribution >= 0.6 is 22.9 Å². The van der Waals surface area contributed by atoms with Crippen LogP contribution in [0.3, 0.4) is 0 Å². The first-order valence-electron chi connectivity index (χ1n) is 20.6. The summed E-state index contributed by atoms with van der Waals surface area (Å²) < 4.78 is 28.8. The Labute approximate surface area is 354 Å². The minimum atomic E-state index is -1.18. The van der Waals surface area contributed by atoms with Crippen LogP contribution < -0.4 is 20.1 Å². The van der Waals surface area contributed by atoms with Crippen molar-refractivity contribution in [3.63, 3.8) is 0 Å². The predicted octanol–water partition coefficient (Wildman–Crippen LogP) is 6.91. The largest absolute Gasteiger partial charge is 0.490 e. The summed E-state index contributed by atoms with van der Waals surface area (Å²) in [5.41, 5.74) is -0.0450. The molecule has 0 bridgehead atoms. The summed E-state index contributed by atoms with van der Waals surface area (Å²) in [6.45, 7) is 12.3. The number of fused-ring (bicyclic) bond motifs is 2. The Bertz CT molecular complexity index is 2080. The topological polar surface area (TPSA) is 168 Å². The number of amides is 3. The van der Waals surface area contributed by atoms with Crippen LogP contribution in [0.15, 0.2) is 23.6 Å². The van der Waals surface area contributed by atoms with Gasteiger partial charge in [0.2, 0.25) is 11.8 Å². The smallest absolute Gasteiger partial charge is 0.408 e. The van der Waals surface area contributed by atoms with E-state index in [0.717, 1.165) is 18.5 Å². The summed E-state index contributed by atoms with van der Waals surface area (Å²) in [4.78, 5) is 66.8. The van der Waals surface area contributed by atoms with E-state index in [9.17, 15) is 19.2 Å². The third kappa shape index (κ3) is 8.97. The number of pyridine rings is 1. The molecule has 4 aliphatic rings. The molecular formula is C43H56ClN5O9S. The lowest BCUT2D eigenvalue weighted by atomic mass is 9.85. The molecule has 2 unspecified atom stereocenters. The Balaban J connectivity index is 1.21. The highest BCUT2D eigenvalue weighted by atomic mass is 35.5. The van der Waals surface area contributed by atoms with Crippen molar-refractivity contribution in [1.82, 2.24) is 25.5 Å². The molecule has 2 aromatic heterocycles. The van der Waals surface area contributed by atoms with Crippen LogP contribution in [0, 0.1) is 23.2 Å². The maximum Gasteiger partial charge on any atom is 0.408 e. The molecule has 59 heavy (non-hydrogen) atoms. The van der Waals surface area contributed by atoms with Crippen molar-refractivity contribution in [1.29, 1.82) is 0 Å². The molecule has 2 N–H and O–H groups in total. The number of halogens is 1. The molecule has 1 saturated heterocycles. The van der Waals surface area contributed by atoms with Crippen molar-refractivity contribution in [3.05, 3.63) is 34.3 Å². The highest BCUT2D eigenvalue weighted by Gasteiger charge is 2.62. The molecule has 0 radical (unpaired) electrons. The number of carbonyl (C=O) groups is 4. The number of hydrogen-bond acceptors (Lipinski definition) is 12. The third-order valence-corrected chi connectivity index (χ3v) is 13.5. The summed E-state index contributed by atoms with van der Waals surface area (Å²) in [5.74, 6) is 0.689. The highest BCUT2D eigenvalue weighted by molar-refractivity contribution is 7.13. The van der Waals surface area contributed by atoms with Gasteiger partial charge in [0, 0.05) is 30.4 Å². The monoisotopic (exact) mass is 853 g/mol. The molecule has 7 rings (SSSR count). The molecule has 16 heteroatoms. The fraction of sp³-hybridized carbons (Fsp3) is 0.628. The molecule has 1 aliphatic heterocycles. The SMILES string of the molecule is CC[C@@H]1C[C@]1(NC(=O)[C@@H]1C[C@@H](Oc2cc(-c3nc(C(C)C)cs3)nc3c(Cl)c(OCCOC)ccc23)CN1C(=O)C(NC(=O)OC1C[C@@H]2C[C@@H]2C1)C(C)(C)C)C(=O)OC. The van der Waals surface area contributed by atoms with Crippen LogP contribution in [0.4, 0.5) is 4.79 Å². The van der Waals surface area contributed by atoms with Crippen molar-refractivity contribution < 1.29 is 42.9 Å². The fourth-order valence-electron chi connectivity index (χ4n) is 8.62. The number of likely N-dealkylation sites (tertiary alicyclic amines) is 1. The first kappa shape index (κ1) is 42.9. The zero-order valence-electron chi connectivity index (χ0n) is 35.1. The normalized spacial score (nSPS) is 26.3. The van der Waals surface area contributed by atoms with Crippen molar-refractivity contribution in [2.24, 2.45) is 23.2 Å². The van der Waals surface area contributed by atoms with Crippen LogP contribution in [0.5, 0.6) is 11.5 Å². The van der Waals surface area contributed by atoms with E-state index < -0.39 is 53.0 Å². The number of alkyl carbamates (subject to hydrolysis) is 1. The number of carbonyl (C=O) groups excluding carboxylic acids is 4. The summed E-state index contributed by atoms with van der Waals surface area (Å²) in [5, 5.41) is 9.39. The van der Waals surface area contributed by atoms with Crippen LogP contribution in [0.25, 0.3) is 21.6 Å². The number of ether oxygens (including phenoxy) is 5. The van der Waals surface area contributed by atoms with Gasteiger partial charge in [-0.1, -0.05) is 59.6 Å². The van der Waals surface area contributed by atoms with Gasteiger partial charge in [-0.15, -0.1) is 11.3 Å². The van der Waals surface area contributed by atoms with Crippen molar-refractivity contribution in [2.75, 3.05) is 34.0 Å². The second-order valence-corrected chi connectivity index (χ2v) is 19.0. The number of nitrogens with zero attached hydrogens (tertiary/aromatic N) is 3. The molecule has 3 amide bonds. The van der Waals surface area contributed by atoms with Crippen molar-refractivity contribution >= 4 is 57.7 Å². The van der Waals surface area contributed by atoms with Gasteiger partial charge in [-0.3, -0.25) is 9.59 Å². The summed E-state index contributed by atoms with van der Waals surface area (Å²) in [6.07, 6.45) is 2.50. The molecule has 3 heterocycles. The third-order valence-electron chi connectivity index (χ3n) is 12.2. The van der Waals surface area contributed by atoms with E-state index in [1.165, 1.54) is 29.8 Å². The average molecular weight is 854 g/mol. The van der Waals surface area contributed by atoms with Gasteiger partial charge in [0.1, 0.15) is 63.7 Å². The number of hydrogen-bond donors (Lipinski definition) is 2. The van der Waals surface area contributed by atoms with E-state index in [4.69, 9.17) is 45.3 Å². The second-order valence-electron chi connectivity index (χ2n) is 17.8. The number of esters is 1. The van der Waals surface area contributed by atoms with Gasteiger partial charge in [0.05, 0.1) is 31.5 Å². The number of thiazole rings is 1. The van der Waals surface area contributed by atoms with E-state index in [2.05, 4.69) is 24.5 Å². The molecule has 3 aliphatic carbocycles. The lowest BCUT2D eigenvalue weighted by molar-refractivity contribution is -0.148. The maximum absolute atomic E-state index is 14.8. The summed E-state index contributed by atoms with van der Waals surface area (Å²) in [7, 11) is 2.89. The average Bonchev–Trinajstić information content (AvgIpc) is 3.82. The van der Waals surface area contributed by atoms with Gasteiger partial charge in [0.15, 0.2) is 0 Å². The predicted molar refractivity (Wildman–Crippen MR) is 223 cm³/mol. The van der Waals surface area contributed by atoms with E-state index in [1.54, 1.807) is 19.2 Å². The van der Waals surface area contributed by atoms with E-state index >= 15 is 0 Å². The molecule has 320 valence electrons. The Morgan fingerprint density at radius 2 is 1.76 bits per heavy atom. The van der Waals surface area contributed by atoms with Crippen LogP contribution in [-0.2, 0) is 28.6 Å². The zero-order chi connectivity index (χ0) is 42.4. The quantitative estimate of drug-likeness (QED) is 0.121. The van der Waals surface area contributed by atoms with Crippen molar-refractivity contribution in [2.45, 2.75) is 116 Å². The molecule has 1 aromatic carbocycles. The minimum Gasteiger partial charge on any atom is -0.490 e. The molecular weight excluding hydrogens is 798 g/mol. The molecule has 0 spiro atoms. The Kier molecular flexibility index (Phi) is 12.4. The Hall–Kier alpha value is -4.21. The van der Waals surface area contributed by atoms with Gasteiger partial charge in [-0.05, 0) is 66.9 Å². The first-order chi connectivity index (χ1) is 28.1. The maximum atomic E-state index is 14.8. The number of benzene rings is 1. The lowest BCUT2D eigenvalue weighted by Crippen LogP contribution is -2.59. The number of aromatic nitrogens is 2. The Morgan fingerprint density at radius 3 is 2.39 bits per heavy atom. The van der Waals surface area contributed by atoms with Gasteiger partial charge in [-0.25, -0.2) is 19.6 Å². The highest BCUT2D eigenvalue weighted by Crippen LogP contribution is 2.52. The molecule has 3 saturated carbocycles. The number of nitrogens with one attached hydrogen (secondary N) is 2. The second kappa shape index (κ2) is 17.0. The van der Waals surface area contributed by atoms with Gasteiger partial charge in [0.25, 0.3) is 0 Å². The van der Waals surface area contributed by atoms with Gasteiger partial charge < -0.3 is 39.2 Å². The van der Waals surface area contributed by atoms with E-state index in [1.807, 2.05) is 39.1 Å².